The van der Waals surface area contributed by atoms with E-state index in [9.17, 15) is 20.2 Å². The second-order valence-corrected chi connectivity index (χ2v) is 6.91. The summed E-state index contributed by atoms with van der Waals surface area (Å²) < 4.78 is 0. The summed E-state index contributed by atoms with van der Waals surface area (Å²) in [5.74, 6) is 0. The minimum Gasteiger partial charge on any atom is -0.346 e. The zero-order chi connectivity index (χ0) is 21.7. The van der Waals surface area contributed by atoms with E-state index in [2.05, 4.69) is 10.6 Å². The molecule has 30 heavy (non-hydrogen) atoms. The second-order valence-electron chi connectivity index (χ2n) is 6.09. The standard InChI is InChI=1S/C20H14N4O4S2/c25-23(26)17-9-5-15(6-10-17)21-19(29)13-1-2-14(4-3-13)20(30)22-16-7-11-18(12-8-16)24(27)28/h1-12H,(H,21,29)(H,22,30). The minimum atomic E-state index is -0.464. The molecule has 0 aromatic heterocycles. The van der Waals surface area contributed by atoms with Crippen molar-refractivity contribution >= 4 is 57.2 Å². The maximum absolute atomic E-state index is 10.7. The average Bonchev–Trinajstić information content (AvgIpc) is 2.74. The summed E-state index contributed by atoms with van der Waals surface area (Å²) in [6.07, 6.45) is 0. The molecule has 0 fully saturated rings. The van der Waals surface area contributed by atoms with Crippen LogP contribution in [0, 0.1) is 20.2 Å². The summed E-state index contributed by atoms with van der Waals surface area (Å²) in [6.45, 7) is 0. The van der Waals surface area contributed by atoms with Gasteiger partial charge < -0.3 is 10.6 Å². The number of nitrogens with one attached hydrogen (secondary N) is 2. The third-order valence-corrected chi connectivity index (χ3v) is 4.76. The van der Waals surface area contributed by atoms with Crippen LogP contribution in [0.3, 0.4) is 0 Å². The summed E-state index contributed by atoms with van der Waals surface area (Å²) in [7, 11) is 0. The highest BCUT2D eigenvalue weighted by atomic mass is 32.1. The first-order chi connectivity index (χ1) is 14.3. The molecule has 0 bridgehead atoms. The van der Waals surface area contributed by atoms with E-state index < -0.39 is 9.85 Å². The van der Waals surface area contributed by atoms with Crippen LogP contribution in [0.4, 0.5) is 22.7 Å². The highest BCUT2D eigenvalue weighted by molar-refractivity contribution is 7.81. The Kier molecular flexibility index (Phi) is 6.40. The van der Waals surface area contributed by atoms with E-state index in [1.165, 1.54) is 24.3 Å². The predicted octanol–water partition coefficient (Wildman–Crippen LogP) is 5.08. The van der Waals surface area contributed by atoms with Crippen LogP contribution < -0.4 is 10.6 Å². The van der Waals surface area contributed by atoms with E-state index in [1.54, 1.807) is 48.5 Å². The minimum absolute atomic E-state index is 0.00450. The smallest absolute Gasteiger partial charge is 0.269 e. The quantitative estimate of drug-likeness (QED) is 0.311. The molecule has 2 N–H and O–H groups in total. The van der Waals surface area contributed by atoms with Crippen LogP contribution in [0.2, 0.25) is 0 Å². The first-order valence-corrected chi connectivity index (χ1v) is 9.37. The number of non-ortho nitro benzene ring substituents is 2. The maximum Gasteiger partial charge on any atom is 0.269 e. The Labute approximate surface area is 181 Å². The largest absolute Gasteiger partial charge is 0.346 e. The maximum atomic E-state index is 10.7. The van der Waals surface area contributed by atoms with Gasteiger partial charge in [-0.3, -0.25) is 20.2 Å². The monoisotopic (exact) mass is 438 g/mol. The zero-order valence-electron chi connectivity index (χ0n) is 15.3. The Morgan fingerprint density at radius 2 is 0.900 bits per heavy atom. The Morgan fingerprint density at radius 3 is 1.17 bits per heavy atom. The third kappa shape index (κ3) is 5.19. The lowest BCUT2D eigenvalue weighted by atomic mass is 10.1. The van der Waals surface area contributed by atoms with Crippen LogP contribution in [0.5, 0.6) is 0 Å². The van der Waals surface area contributed by atoms with Crippen molar-refractivity contribution in [3.05, 3.63) is 104 Å². The molecule has 3 aromatic rings. The van der Waals surface area contributed by atoms with Crippen molar-refractivity contribution < 1.29 is 9.85 Å². The van der Waals surface area contributed by atoms with Gasteiger partial charge in [-0.05, 0) is 24.3 Å². The van der Waals surface area contributed by atoms with Crippen molar-refractivity contribution in [3.8, 4) is 0 Å². The molecular formula is C20H14N4O4S2. The van der Waals surface area contributed by atoms with Gasteiger partial charge in [0, 0.05) is 46.8 Å². The molecular weight excluding hydrogens is 424 g/mol. The fraction of sp³-hybridized carbons (Fsp3) is 0. The third-order valence-electron chi connectivity index (χ3n) is 4.08. The second kappa shape index (κ2) is 9.16. The van der Waals surface area contributed by atoms with E-state index >= 15 is 0 Å². The van der Waals surface area contributed by atoms with Gasteiger partial charge in [-0.2, -0.15) is 0 Å². The molecule has 150 valence electrons. The molecule has 0 saturated carbocycles. The number of thiocarbonyl (C=S) groups is 2. The van der Waals surface area contributed by atoms with Crippen molar-refractivity contribution in [3.63, 3.8) is 0 Å². The number of hydrogen-bond donors (Lipinski definition) is 2. The van der Waals surface area contributed by atoms with Gasteiger partial charge in [0.05, 0.1) is 9.85 Å². The molecule has 3 aromatic carbocycles. The summed E-state index contributed by atoms with van der Waals surface area (Å²) in [6, 6.07) is 19.2. The molecule has 0 aliphatic rings. The number of nitro groups is 2. The van der Waals surface area contributed by atoms with Crippen LogP contribution in [-0.4, -0.2) is 19.8 Å². The Hall–Kier alpha value is -3.76. The molecule has 3 rings (SSSR count). The lowest BCUT2D eigenvalue weighted by Crippen LogP contribution is -2.13. The molecule has 0 spiro atoms. The van der Waals surface area contributed by atoms with E-state index in [1.807, 2.05) is 0 Å². The molecule has 8 nitrogen and oxygen atoms in total. The van der Waals surface area contributed by atoms with Crippen molar-refractivity contribution in [1.82, 2.24) is 0 Å². The molecule has 0 aliphatic carbocycles. The highest BCUT2D eigenvalue weighted by Gasteiger charge is 2.09. The van der Waals surface area contributed by atoms with Gasteiger partial charge in [-0.25, -0.2) is 0 Å². The SMILES string of the molecule is O=[N+]([O-])c1ccc(NC(=S)c2ccc(C(=S)Nc3ccc([N+](=O)[O-])cc3)cc2)cc1. The topological polar surface area (TPSA) is 110 Å². The summed E-state index contributed by atoms with van der Waals surface area (Å²) >= 11 is 10.8. The van der Waals surface area contributed by atoms with Crippen molar-refractivity contribution in [2.45, 2.75) is 0 Å². The van der Waals surface area contributed by atoms with Gasteiger partial charge in [0.1, 0.15) is 9.98 Å². The lowest BCUT2D eigenvalue weighted by molar-refractivity contribution is -0.385. The lowest BCUT2D eigenvalue weighted by Gasteiger charge is -2.11. The summed E-state index contributed by atoms with van der Waals surface area (Å²) in [5.41, 5.74) is 2.81. The molecule has 0 radical (unpaired) electrons. The molecule has 0 saturated heterocycles. The molecule has 0 amide bonds. The Bertz CT molecular complexity index is 1020. The molecule has 0 heterocycles. The van der Waals surface area contributed by atoms with Gasteiger partial charge in [-0.1, -0.05) is 48.7 Å². The summed E-state index contributed by atoms with van der Waals surface area (Å²) in [5, 5.41) is 27.5. The number of benzene rings is 3. The fourth-order valence-corrected chi connectivity index (χ4v) is 3.02. The molecule has 10 heteroatoms. The summed E-state index contributed by atoms with van der Waals surface area (Å²) in [4.78, 5) is 21.4. The van der Waals surface area contributed by atoms with Gasteiger partial charge >= 0.3 is 0 Å². The number of nitrogens with zero attached hydrogens (tertiary/aromatic N) is 2. The number of hydrogen-bond acceptors (Lipinski definition) is 6. The first kappa shape index (κ1) is 21.0. The van der Waals surface area contributed by atoms with Crippen LogP contribution in [0.1, 0.15) is 11.1 Å². The Balaban J connectivity index is 1.63. The Morgan fingerprint density at radius 1 is 0.600 bits per heavy atom. The van der Waals surface area contributed by atoms with Crippen molar-refractivity contribution in [1.29, 1.82) is 0 Å². The van der Waals surface area contributed by atoms with Crippen LogP contribution in [-0.2, 0) is 0 Å². The van der Waals surface area contributed by atoms with E-state index in [0.29, 0.717) is 21.4 Å². The van der Waals surface area contributed by atoms with Crippen LogP contribution >= 0.6 is 24.4 Å². The average molecular weight is 438 g/mol. The predicted molar refractivity (Wildman–Crippen MR) is 123 cm³/mol. The number of nitro benzene ring substituents is 2. The highest BCUT2D eigenvalue weighted by Crippen LogP contribution is 2.18. The molecule has 0 unspecified atom stereocenters. The zero-order valence-corrected chi connectivity index (χ0v) is 16.9. The fourth-order valence-electron chi connectivity index (χ4n) is 2.51. The molecule has 0 aliphatic heterocycles. The van der Waals surface area contributed by atoms with E-state index in [4.69, 9.17) is 24.4 Å². The molecule has 0 atom stereocenters. The van der Waals surface area contributed by atoms with E-state index in [-0.39, 0.29) is 11.4 Å². The normalized spacial score (nSPS) is 10.1. The van der Waals surface area contributed by atoms with Crippen LogP contribution in [0.25, 0.3) is 0 Å². The van der Waals surface area contributed by atoms with Gasteiger partial charge in [0.25, 0.3) is 11.4 Å². The van der Waals surface area contributed by atoms with Gasteiger partial charge in [-0.15, -0.1) is 0 Å². The van der Waals surface area contributed by atoms with Crippen molar-refractivity contribution in [2.75, 3.05) is 10.6 Å². The van der Waals surface area contributed by atoms with Gasteiger partial charge in [0.15, 0.2) is 0 Å². The van der Waals surface area contributed by atoms with E-state index in [0.717, 1.165) is 11.1 Å². The van der Waals surface area contributed by atoms with Gasteiger partial charge in [0.2, 0.25) is 0 Å². The first-order valence-electron chi connectivity index (χ1n) is 8.55. The number of anilines is 2. The van der Waals surface area contributed by atoms with Crippen LogP contribution in [0.15, 0.2) is 72.8 Å². The number of rotatable bonds is 6. The van der Waals surface area contributed by atoms with Crippen molar-refractivity contribution in [2.24, 2.45) is 0 Å².